The number of thiazole rings is 1. The number of carbonyl (C=O) groups excluding carboxylic acids is 1. The van der Waals surface area contributed by atoms with E-state index in [4.69, 9.17) is 0 Å². The fourth-order valence-electron chi connectivity index (χ4n) is 3.62. The molecule has 0 aliphatic carbocycles. The fraction of sp³-hybridized carbons (Fsp3) is 0.125. The van der Waals surface area contributed by atoms with E-state index in [1.165, 1.54) is 0 Å². The topological polar surface area (TPSA) is 70.7 Å². The van der Waals surface area contributed by atoms with E-state index in [9.17, 15) is 4.79 Å². The van der Waals surface area contributed by atoms with Gasteiger partial charge in [0.15, 0.2) is 0 Å². The van der Waals surface area contributed by atoms with Crippen molar-refractivity contribution in [3.05, 3.63) is 95.3 Å². The first-order chi connectivity index (χ1) is 14.8. The van der Waals surface area contributed by atoms with E-state index in [1.54, 1.807) is 17.7 Å². The van der Waals surface area contributed by atoms with Gasteiger partial charge in [0.2, 0.25) is 5.91 Å². The number of nitrogens with one attached hydrogen (secondary N) is 2. The molecule has 2 aromatic heterocycles. The molecule has 0 fully saturated rings. The average Bonchev–Trinajstić information content (AvgIpc) is 3.42. The maximum absolute atomic E-state index is 12.8. The van der Waals surface area contributed by atoms with E-state index >= 15 is 0 Å². The van der Waals surface area contributed by atoms with Crippen LogP contribution in [0, 0.1) is 0 Å². The maximum Gasteiger partial charge on any atom is 0.221 e. The number of benzene rings is 3. The molecule has 0 aliphatic rings. The van der Waals surface area contributed by atoms with E-state index < -0.39 is 0 Å². The highest BCUT2D eigenvalue weighted by molar-refractivity contribution is 7.18. The molecule has 30 heavy (non-hydrogen) atoms. The van der Waals surface area contributed by atoms with Gasteiger partial charge in [-0.3, -0.25) is 4.79 Å². The molecule has 0 bridgehead atoms. The number of amides is 1. The van der Waals surface area contributed by atoms with Crippen molar-refractivity contribution in [3.8, 4) is 0 Å². The largest absolute Gasteiger partial charge is 0.345 e. The van der Waals surface area contributed by atoms with Crippen LogP contribution in [-0.2, 0) is 11.2 Å². The molecule has 2 N–H and O–H groups in total. The molecule has 2 heterocycles. The van der Waals surface area contributed by atoms with E-state index in [2.05, 4.69) is 26.3 Å². The zero-order valence-corrected chi connectivity index (χ0v) is 17.0. The third kappa shape index (κ3) is 3.82. The van der Waals surface area contributed by atoms with Gasteiger partial charge in [-0.2, -0.15) is 0 Å². The first-order valence-electron chi connectivity index (χ1n) is 9.88. The molecular weight excluding hydrogens is 392 g/mol. The van der Waals surface area contributed by atoms with Gasteiger partial charge >= 0.3 is 0 Å². The van der Waals surface area contributed by atoms with Crippen LogP contribution in [0.25, 0.3) is 21.3 Å². The molecule has 3 aromatic carbocycles. The van der Waals surface area contributed by atoms with Crippen molar-refractivity contribution in [2.45, 2.75) is 18.9 Å². The van der Waals surface area contributed by atoms with Crippen molar-refractivity contribution in [1.82, 2.24) is 20.3 Å². The zero-order valence-electron chi connectivity index (χ0n) is 16.2. The van der Waals surface area contributed by atoms with E-state index in [0.717, 1.165) is 37.4 Å². The number of H-pyrrole nitrogens is 1. The Morgan fingerprint density at radius 3 is 2.67 bits per heavy atom. The number of nitrogens with zero attached hydrogens (tertiary/aromatic N) is 2. The molecule has 148 valence electrons. The SMILES string of the molecule is O=C(CCc1nc2ccccc2s1)NC(c1ccccc1)c1ccc2nc[nH]c2c1. The standard InChI is InChI=1S/C24H20N4OS/c29-22(12-13-23-27-19-8-4-5-9-21(19)30-23)28-24(16-6-2-1-3-7-16)17-10-11-18-20(14-17)26-15-25-18/h1-11,14-15,24H,12-13H2,(H,25,26)(H,28,29). The minimum absolute atomic E-state index is 0.00724. The first-order valence-corrected chi connectivity index (χ1v) is 10.7. The number of para-hydroxylation sites is 1. The van der Waals surface area contributed by atoms with Crippen LogP contribution in [0.15, 0.2) is 79.1 Å². The first kappa shape index (κ1) is 18.5. The molecule has 0 saturated heterocycles. The quantitative estimate of drug-likeness (QED) is 0.412. The van der Waals surface area contributed by atoms with Gasteiger partial charge in [-0.1, -0.05) is 48.5 Å². The molecule has 0 saturated carbocycles. The lowest BCUT2D eigenvalue weighted by molar-refractivity contribution is -0.121. The Balaban J connectivity index is 1.35. The van der Waals surface area contributed by atoms with Crippen molar-refractivity contribution in [2.24, 2.45) is 0 Å². The van der Waals surface area contributed by atoms with Gasteiger partial charge in [-0.05, 0) is 35.4 Å². The molecule has 0 spiro atoms. The Bertz CT molecular complexity index is 1280. The third-order valence-electron chi connectivity index (χ3n) is 5.12. The Labute approximate surface area is 177 Å². The molecule has 1 unspecified atom stereocenters. The number of hydrogen-bond donors (Lipinski definition) is 2. The minimum atomic E-state index is -0.221. The smallest absolute Gasteiger partial charge is 0.221 e. The second-order valence-corrected chi connectivity index (χ2v) is 8.28. The summed E-state index contributed by atoms with van der Waals surface area (Å²) in [5, 5.41) is 4.20. The Morgan fingerprint density at radius 2 is 1.80 bits per heavy atom. The predicted octanol–water partition coefficient (Wildman–Crippen LogP) is 5.01. The second-order valence-electron chi connectivity index (χ2n) is 7.17. The maximum atomic E-state index is 12.8. The minimum Gasteiger partial charge on any atom is -0.345 e. The number of rotatable bonds is 6. The van der Waals surface area contributed by atoms with E-state index in [0.29, 0.717) is 12.8 Å². The lowest BCUT2D eigenvalue weighted by Crippen LogP contribution is -2.29. The number of aromatic amines is 1. The van der Waals surface area contributed by atoms with Crippen LogP contribution < -0.4 is 5.32 Å². The molecule has 0 radical (unpaired) electrons. The Kier molecular flexibility index (Phi) is 4.99. The summed E-state index contributed by atoms with van der Waals surface area (Å²) in [6.07, 6.45) is 2.71. The lowest BCUT2D eigenvalue weighted by atomic mass is 9.98. The van der Waals surface area contributed by atoms with Crippen molar-refractivity contribution in [2.75, 3.05) is 0 Å². The van der Waals surface area contributed by atoms with Crippen LogP contribution in [0.4, 0.5) is 0 Å². The van der Waals surface area contributed by atoms with Crippen LogP contribution in [0.2, 0.25) is 0 Å². The van der Waals surface area contributed by atoms with Crippen LogP contribution >= 0.6 is 11.3 Å². The van der Waals surface area contributed by atoms with Gasteiger partial charge in [-0.15, -0.1) is 11.3 Å². The summed E-state index contributed by atoms with van der Waals surface area (Å²) < 4.78 is 1.16. The summed E-state index contributed by atoms with van der Waals surface area (Å²) >= 11 is 1.65. The number of fused-ring (bicyclic) bond motifs is 2. The molecule has 1 atom stereocenters. The molecule has 5 rings (SSSR count). The van der Waals surface area contributed by atoms with E-state index in [1.807, 2.05) is 66.7 Å². The van der Waals surface area contributed by atoms with E-state index in [-0.39, 0.29) is 11.9 Å². The van der Waals surface area contributed by atoms with Crippen LogP contribution in [0.5, 0.6) is 0 Å². The molecule has 5 nitrogen and oxygen atoms in total. The Morgan fingerprint density at radius 1 is 0.967 bits per heavy atom. The summed E-state index contributed by atoms with van der Waals surface area (Å²) in [6, 6.07) is 23.9. The van der Waals surface area contributed by atoms with Gasteiger partial charge < -0.3 is 10.3 Å². The van der Waals surface area contributed by atoms with Gasteiger partial charge in [0.25, 0.3) is 0 Å². The monoisotopic (exact) mass is 412 g/mol. The number of aromatic nitrogens is 3. The summed E-state index contributed by atoms with van der Waals surface area (Å²) in [6.45, 7) is 0. The normalized spacial score (nSPS) is 12.3. The van der Waals surface area contributed by atoms with Gasteiger partial charge in [0.05, 0.1) is 38.6 Å². The highest BCUT2D eigenvalue weighted by Crippen LogP contribution is 2.26. The number of carbonyl (C=O) groups is 1. The molecule has 5 aromatic rings. The van der Waals surface area contributed by atoms with Crippen LogP contribution in [0.1, 0.15) is 28.6 Å². The molecule has 1 amide bonds. The number of imidazole rings is 1. The van der Waals surface area contributed by atoms with Crippen LogP contribution in [0.3, 0.4) is 0 Å². The molecular formula is C24H20N4OS. The van der Waals surface area contributed by atoms with Crippen molar-refractivity contribution in [3.63, 3.8) is 0 Å². The van der Waals surface area contributed by atoms with Crippen LogP contribution in [-0.4, -0.2) is 20.9 Å². The average molecular weight is 413 g/mol. The van der Waals surface area contributed by atoms with Gasteiger partial charge in [0, 0.05) is 12.8 Å². The number of aryl methyl sites for hydroxylation is 1. The van der Waals surface area contributed by atoms with Crippen molar-refractivity contribution in [1.29, 1.82) is 0 Å². The van der Waals surface area contributed by atoms with Crippen molar-refractivity contribution < 1.29 is 4.79 Å². The predicted molar refractivity (Wildman–Crippen MR) is 120 cm³/mol. The fourth-order valence-corrected chi connectivity index (χ4v) is 4.58. The lowest BCUT2D eigenvalue weighted by Gasteiger charge is -2.20. The summed E-state index contributed by atoms with van der Waals surface area (Å²) in [7, 11) is 0. The number of hydrogen-bond acceptors (Lipinski definition) is 4. The summed E-state index contributed by atoms with van der Waals surface area (Å²) in [5.41, 5.74) is 4.92. The summed E-state index contributed by atoms with van der Waals surface area (Å²) in [5.74, 6) is 0.00724. The molecule has 0 aliphatic heterocycles. The molecule has 6 heteroatoms. The zero-order chi connectivity index (χ0) is 20.3. The van der Waals surface area contributed by atoms with Gasteiger partial charge in [-0.25, -0.2) is 9.97 Å². The van der Waals surface area contributed by atoms with Gasteiger partial charge in [0.1, 0.15) is 0 Å². The van der Waals surface area contributed by atoms with Crippen molar-refractivity contribution >= 4 is 38.5 Å². The third-order valence-corrected chi connectivity index (χ3v) is 6.22. The second kappa shape index (κ2) is 8.08. The highest BCUT2D eigenvalue weighted by atomic mass is 32.1. The highest BCUT2D eigenvalue weighted by Gasteiger charge is 2.18. The summed E-state index contributed by atoms with van der Waals surface area (Å²) in [4.78, 5) is 24.9. The Hall–Kier alpha value is -3.51.